The fraction of sp³-hybridized carbons (Fsp3) is 0.571. The first-order valence-corrected chi connectivity index (χ1v) is 7.24. The lowest BCUT2D eigenvalue weighted by Crippen LogP contribution is -2.19. The number of rotatable bonds is 6. The predicted octanol–water partition coefficient (Wildman–Crippen LogP) is 2.28. The second-order valence-electron chi connectivity index (χ2n) is 5.59. The number of hydrogen-bond donors (Lipinski definition) is 2. The zero-order valence-electron chi connectivity index (χ0n) is 12.9. The van der Waals surface area contributed by atoms with Gasteiger partial charge in [-0.25, -0.2) is 0 Å². The average Bonchev–Trinajstić information content (AvgIpc) is 2.94. The van der Waals surface area contributed by atoms with Crippen molar-refractivity contribution in [1.29, 1.82) is 0 Å². The number of nitrogens with zero attached hydrogens (tertiary/aromatic N) is 2. The molecule has 2 N–H and O–H groups in total. The molecule has 0 spiro atoms. The van der Waals surface area contributed by atoms with Crippen LogP contribution in [-0.4, -0.2) is 34.2 Å². The van der Waals surface area contributed by atoms with Crippen molar-refractivity contribution in [2.24, 2.45) is 0 Å². The molecular weight excluding hydrogens is 306 g/mol. The molecule has 2 rings (SSSR count). The highest BCUT2D eigenvalue weighted by atomic mass is 16.6. The molecule has 2 unspecified atom stereocenters. The van der Waals surface area contributed by atoms with Crippen LogP contribution < -0.4 is 5.32 Å². The fourth-order valence-corrected chi connectivity index (χ4v) is 2.97. The number of nitro groups is 2. The van der Waals surface area contributed by atoms with Crippen molar-refractivity contribution in [1.82, 2.24) is 0 Å². The largest absolute Gasteiger partial charge is 0.392 e. The van der Waals surface area contributed by atoms with Crippen molar-refractivity contribution in [2.75, 3.05) is 12.4 Å². The van der Waals surface area contributed by atoms with Crippen molar-refractivity contribution >= 4 is 17.1 Å². The van der Waals surface area contributed by atoms with E-state index in [-0.39, 0.29) is 34.6 Å². The maximum Gasteiger partial charge on any atom is 0.302 e. The summed E-state index contributed by atoms with van der Waals surface area (Å²) in [6, 6.07) is 1.06. The topological polar surface area (TPSA) is 128 Å². The first-order chi connectivity index (χ1) is 10.9. The second-order valence-corrected chi connectivity index (χ2v) is 5.59. The van der Waals surface area contributed by atoms with Gasteiger partial charge in [-0.2, -0.15) is 0 Å². The molecule has 2 atom stereocenters. The zero-order valence-corrected chi connectivity index (χ0v) is 12.9. The predicted molar refractivity (Wildman–Crippen MR) is 82.5 cm³/mol. The average molecular weight is 325 g/mol. The Morgan fingerprint density at radius 1 is 1.35 bits per heavy atom. The highest BCUT2D eigenvalue weighted by Crippen LogP contribution is 2.41. The normalized spacial score (nSPS) is 20.5. The highest BCUT2D eigenvalue weighted by molar-refractivity contribution is 5.78. The Bertz CT molecular complexity index is 633. The molecule has 1 aromatic rings. The van der Waals surface area contributed by atoms with Gasteiger partial charge in [-0.1, -0.05) is 0 Å². The lowest BCUT2D eigenvalue weighted by atomic mass is 10.0. The third-order valence-corrected chi connectivity index (χ3v) is 4.26. The van der Waals surface area contributed by atoms with E-state index in [0.717, 1.165) is 6.42 Å². The Morgan fingerprint density at radius 3 is 2.52 bits per heavy atom. The summed E-state index contributed by atoms with van der Waals surface area (Å²) < 4.78 is 5.25. The van der Waals surface area contributed by atoms with E-state index in [1.165, 1.54) is 13.0 Å². The number of hydrogen-bond acceptors (Lipinski definition) is 7. The SMILES string of the molecule is COC1CCC(Nc2c([N+](=O)[O-])cc(CO)c(C)c2[N+](=O)[O-])C1. The minimum atomic E-state index is -0.670. The van der Waals surface area contributed by atoms with Gasteiger partial charge in [-0.15, -0.1) is 0 Å². The molecular formula is C14H19N3O6. The van der Waals surface area contributed by atoms with Crippen LogP contribution in [0.3, 0.4) is 0 Å². The number of aliphatic hydroxyl groups excluding tert-OH is 1. The number of nitrogens with one attached hydrogen (secondary N) is 1. The third kappa shape index (κ3) is 3.40. The van der Waals surface area contributed by atoms with E-state index in [2.05, 4.69) is 5.32 Å². The monoisotopic (exact) mass is 325 g/mol. The molecule has 1 fully saturated rings. The standard InChI is InChI=1S/C14H19N3O6/c1-8-9(7-18)5-12(16(19)20)13(14(8)17(21)22)15-10-3-4-11(6-10)23-2/h5,10-11,15,18H,3-4,6-7H2,1-2H3. The van der Waals surface area contributed by atoms with Crippen molar-refractivity contribution < 1.29 is 19.7 Å². The van der Waals surface area contributed by atoms with Crippen molar-refractivity contribution in [2.45, 2.75) is 44.9 Å². The lowest BCUT2D eigenvalue weighted by molar-refractivity contribution is -0.392. The van der Waals surface area contributed by atoms with Gasteiger partial charge in [0.25, 0.3) is 5.69 Å². The Balaban J connectivity index is 2.49. The van der Waals surface area contributed by atoms with E-state index in [0.29, 0.717) is 12.8 Å². The lowest BCUT2D eigenvalue weighted by Gasteiger charge is -2.16. The molecule has 0 aliphatic heterocycles. The van der Waals surface area contributed by atoms with Crippen molar-refractivity contribution in [3.63, 3.8) is 0 Å². The van der Waals surface area contributed by atoms with Crippen LogP contribution in [0, 0.1) is 27.2 Å². The van der Waals surface area contributed by atoms with Gasteiger partial charge in [-0.05, 0) is 31.7 Å². The van der Waals surface area contributed by atoms with E-state index in [9.17, 15) is 25.3 Å². The quantitative estimate of drug-likeness (QED) is 0.606. The van der Waals surface area contributed by atoms with E-state index >= 15 is 0 Å². The molecule has 0 amide bonds. The number of anilines is 1. The molecule has 9 heteroatoms. The van der Waals surface area contributed by atoms with Crippen LogP contribution >= 0.6 is 0 Å². The number of benzene rings is 1. The van der Waals surface area contributed by atoms with Crippen molar-refractivity contribution in [3.05, 3.63) is 37.4 Å². The minimum Gasteiger partial charge on any atom is -0.392 e. The summed E-state index contributed by atoms with van der Waals surface area (Å²) in [6.07, 6.45) is 2.19. The van der Waals surface area contributed by atoms with Gasteiger partial charge in [0.05, 0.1) is 22.6 Å². The molecule has 0 radical (unpaired) electrons. The van der Waals surface area contributed by atoms with Gasteiger partial charge < -0.3 is 15.2 Å². The number of aliphatic hydroxyl groups is 1. The van der Waals surface area contributed by atoms with E-state index in [1.54, 1.807) is 7.11 Å². The molecule has 0 heterocycles. The molecule has 1 saturated carbocycles. The summed E-state index contributed by atoms with van der Waals surface area (Å²) in [5, 5.41) is 35.0. The first kappa shape index (κ1) is 17.1. The molecule has 0 aromatic heterocycles. The van der Waals surface area contributed by atoms with Crippen LogP contribution in [0.5, 0.6) is 0 Å². The maximum absolute atomic E-state index is 11.4. The maximum atomic E-state index is 11.4. The highest BCUT2D eigenvalue weighted by Gasteiger charge is 2.33. The van der Waals surface area contributed by atoms with E-state index < -0.39 is 22.1 Å². The fourth-order valence-electron chi connectivity index (χ4n) is 2.97. The van der Waals surface area contributed by atoms with Gasteiger partial charge in [0.2, 0.25) is 0 Å². The number of methoxy groups -OCH3 is 1. The molecule has 0 saturated heterocycles. The molecule has 1 aromatic carbocycles. The Labute approximate surface area is 132 Å². The Hall–Kier alpha value is -2.26. The van der Waals surface area contributed by atoms with Crippen LogP contribution in [-0.2, 0) is 11.3 Å². The third-order valence-electron chi connectivity index (χ3n) is 4.26. The van der Waals surface area contributed by atoms with E-state index in [4.69, 9.17) is 4.74 Å². The number of nitro benzene ring substituents is 2. The summed E-state index contributed by atoms with van der Waals surface area (Å²) in [4.78, 5) is 21.4. The minimum absolute atomic E-state index is 0.0448. The van der Waals surface area contributed by atoms with Gasteiger partial charge >= 0.3 is 5.69 Å². The first-order valence-electron chi connectivity index (χ1n) is 7.24. The number of ether oxygens (including phenoxy) is 1. The van der Waals surface area contributed by atoms with Crippen LogP contribution in [0.25, 0.3) is 0 Å². The van der Waals surface area contributed by atoms with E-state index in [1.807, 2.05) is 0 Å². The summed E-state index contributed by atoms with van der Waals surface area (Å²) >= 11 is 0. The van der Waals surface area contributed by atoms with Gasteiger partial charge in [0.1, 0.15) is 0 Å². The summed E-state index contributed by atoms with van der Waals surface area (Å²) in [6.45, 7) is 0.980. The molecule has 0 bridgehead atoms. The zero-order chi connectivity index (χ0) is 17.1. The molecule has 9 nitrogen and oxygen atoms in total. The van der Waals surface area contributed by atoms with Gasteiger partial charge in [0, 0.05) is 24.8 Å². The van der Waals surface area contributed by atoms with Gasteiger partial charge in [0.15, 0.2) is 5.69 Å². The van der Waals surface area contributed by atoms with Crippen LogP contribution in [0.1, 0.15) is 30.4 Å². The molecule has 126 valence electrons. The summed E-state index contributed by atoms with van der Waals surface area (Å²) in [5.74, 6) is 0. The molecule has 23 heavy (non-hydrogen) atoms. The molecule has 1 aliphatic carbocycles. The second kappa shape index (κ2) is 6.88. The van der Waals surface area contributed by atoms with Crippen LogP contribution in [0.15, 0.2) is 6.07 Å². The Morgan fingerprint density at radius 2 is 2.04 bits per heavy atom. The molecule has 1 aliphatic rings. The Kier molecular flexibility index (Phi) is 5.12. The van der Waals surface area contributed by atoms with Gasteiger partial charge in [-0.3, -0.25) is 20.2 Å². The smallest absolute Gasteiger partial charge is 0.302 e. The summed E-state index contributed by atoms with van der Waals surface area (Å²) in [7, 11) is 1.60. The summed E-state index contributed by atoms with van der Waals surface area (Å²) in [5.41, 5.74) is -0.449. The van der Waals surface area contributed by atoms with Crippen LogP contribution in [0.4, 0.5) is 17.1 Å². The van der Waals surface area contributed by atoms with Crippen LogP contribution in [0.2, 0.25) is 0 Å². The van der Waals surface area contributed by atoms with Crippen molar-refractivity contribution in [3.8, 4) is 0 Å².